The summed E-state index contributed by atoms with van der Waals surface area (Å²) in [7, 11) is 0. The first-order valence-corrected chi connectivity index (χ1v) is 7.74. The van der Waals surface area contributed by atoms with Crippen LogP contribution < -0.4 is 5.73 Å². The van der Waals surface area contributed by atoms with Crippen LogP contribution in [0.1, 0.15) is 25.3 Å². The Bertz CT molecular complexity index is 584. The molecular formula is C19H24ClNO2. The van der Waals surface area contributed by atoms with Gasteiger partial charge in [0.25, 0.3) is 0 Å². The Hall–Kier alpha value is -1.84. The summed E-state index contributed by atoms with van der Waals surface area (Å²) < 4.78 is 4.91. The molecule has 0 spiro atoms. The molecule has 2 rings (SSSR count). The third-order valence-electron chi connectivity index (χ3n) is 3.58. The number of benzene rings is 2. The van der Waals surface area contributed by atoms with E-state index in [0.29, 0.717) is 19.4 Å². The summed E-state index contributed by atoms with van der Waals surface area (Å²) in [5.74, 6) is -0.169. The smallest absolute Gasteiger partial charge is 0.305 e. The zero-order valence-corrected chi connectivity index (χ0v) is 14.2. The Kier molecular flexibility index (Phi) is 8.38. The van der Waals surface area contributed by atoms with Crippen LogP contribution in [-0.2, 0) is 16.0 Å². The second-order valence-electron chi connectivity index (χ2n) is 5.37. The maximum Gasteiger partial charge on any atom is 0.305 e. The van der Waals surface area contributed by atoms with Crippen molar-refractivity contribution in [2.75, 3.05) is 6.61 Å². The van der Waals surface area contributed by atoms with Gasteiger partial charge >= 0.3 is 5.97 Å². The van der Waals surface area contributed by atoms with Crippen molar-refractivity contribution in [3.63, 3.8) is 0 Å². The Labute approximate surface area is 144 Å². The Morgan fingerprint density at radius 1 is 1.04 bits per heavy atom. The molecule has 0 bridgehead atoms. The molecule has 2 aromatic rings. The average molecular weight is 334 g/mol. The number of carbonyl (C=O) groups excluding carboxylic acids is 1. The summed E-state index contributed by atoms with van der Waals surface area (Å²) in [5.41, 5.74) is 9.69. The van der Waals surface area contributed by atoms with Crippen LogP contribution in [0.4, 0.5) is 0 Å². The molecule has 0 aromatic heterocycles. The number of hydrogen-bond acceptors (Lipinski definition) is 3. The van der Waals surface area contributed by atoms with Gasteiger partial charge in [-0.05, 0) is 36.5 Å². The molecule has 0 amide bonds. The Balaban J connectivity index is 0.00000264. The molecule has 0 heterocycles. The van der Waals surface area contributed by atoms with E-state index in [9.17, 15) is 4.79 Å². The molecule has 2 aromatic carbocycles. The molecule has 0 fully saturated rings. The van der Waals surface area contributed by atoms with Gasteiger partial charge < -0.3 is 10.5 Å². The molecule has 4 heteroatoms. The average Bonchev–Trinajstić information content (AvgIpc) is 2.55. The molecule has 23 heavy (non-hydrogen) atoms. The van der Waals surface area contributed by atoms with E-state index in [1.54, 1.807) is 0 Å². The molecule has 3 nitrogen and oxygen atoms in total. The number of carbonyl (C=O) groups is 1. The van der Waals surface area contributed by atoms with Crippen molar-refractivity contribution in [3.05, 3.63) is 60.2 Å². The first kappa shape index (κ1) is 19.2. The minimum absolute atomic E-state index is 0. The standard InChI is InChI=1S/C19H23NO2.ClH/c1-2-22-19(21)13-12-18(20)14-15-8-10-17(11-9-15)16-6-4-3-5-7-16;/h3-11,18H,2,12-14,20H2,1H3;1H/t18-;/m0./s1. The van der Waals surface area contributed by atoms with Crippen LogP contribution in [0.5, 0.6) is 0 Å². The van der Waals surface area contributed by atoms with E-state index >= 15 is 0 Å². The second-order valence-corrected chi connectivity index (χ2v) is 5.37. The van der Waals surface area contributed by atoms with Gasteiger partial charge in [0, 0.05) is 12.5 Å². The molecule has 0 aliphatic heterocycles. The van der Waals surface area contributed by atoms with Gasteiger partial charge in [-0.1, -0.05) is 54.6 Å². The predicted octanol–water partition coefficient (Wildman–Crippen LogP) is 3.99. The zero-order chi connectivity index (χ0) is 15.8. The van der Waals surface area contributed by atoms with Crippen molar-refractivity contribution >= 4 is 18.4 Å². The van der Waals surface area contributed by atoms with Crippen LogP contribution in [0.15, 0.2) is 54.6 Å². The Morgan fingerprint density at radius 3 is 2.26 bits per heavy atom. The Morgan fingerprint density at radius 2 is 1.65 bits per heavy atom. The largest absolute Gasteiger partial charge is 0.466 e. The molecule has 0 saturated carbocycles. The van der Waals surface area contributed by atoms with Crippen molar-refractivity contribution in [2.24, 2.45) is 5.73 Å². The summed E-state index contributed by atoms with van der Waals surface area (Å²) >= 11 is 0. The minimum atomic E-state index is -0.169. The molecule has 0 unspecified atom stereocenters. The summed E-state index contributed by atoms with van der Waals surface area (Å²) in [6.07, 6.45) is 1.81. The van der Waals surface area contributed by atoms with E-state index in [4.69, 9.17) is 10.5 Å². The lowest BCUT2D eigenvalue weighted by Crippen LogP contribution is -2.24. The van der Waals surface area contributed by atoms with E-state index in [-0.39, 0.29) is 24.4 Å². The van der Waals surface area contributed by atoms with Crippen molar-refractivity contribution in [1.82, 2.24) is 0 Å². The summed E-state index contributed by atoms with van der Waals surface area (Å²) in [5, 5.41) is 0. The van der Waals surface area contributed by atoms with Gasteiger partial charge in [0.05, 0.1) is 6.61 Å². The van der Waals surface area contributed by atoms with Crippen LogP contribution in [-0.4, -0.2) is 18.6 Å². The molecule has 0 saturated heterocycles. The van der Waals surface area contributed by atoms with E-state index in [2.05, 4.69) is 36.4 Å². The van der Waals surface area contributed by atoms with Gasteiger partial charge in [-0.25, -0.2) is 0 Å². The molecule has 0 aliphatic rings. The zero-order valence-electron chi connectivity index (χ0n) is 13.4. The summed E-state index contributed by atoms with van der Waals surface area (Å²) in [6.45, 7) is 2.24. The second kappa shape index (κ2) is 10.0. The first-order valence-electron chi connectivity index (χ1n) is 7.74. The fraction of sp³-hybridized carbons (Fsp3) is 0.316. The highest BCUT2D eigenvalue weighted by Crippen LogP contribution is 2.19. The molecule has 1 atom stereocenters. The highest BCUT2D eigenvalue weighted by molar-refractivity contribution is 5.85. The fourth-order valence-corrected chi connectivity index (χ4v) is 2.41. The number of halogens is 1. The van der Waals surface area contributed by atoms with E-state index < -0.39 is 0 Å². The van der Waals surface area contributed by atoms with Crippen molar-refractivity contribution in [2.45, 2.75) is 32.2 Å². The predicted molar refractivity (Wildman–Crippen MR) is 96.7 cm³/mol. The summed E-state index contributed by atoms with van der Waals surface area (Å²) in [6, 6.07) is 18.7. The van der Waals surface area contributed by atoms with Crippen LogP contribution in [0.2, 0.25) is 0 Å². The maximum absolute atomic E-state index is 11.3. The number of hydrogen-bond donors (Lipinski definition) is 1. The molecular weight excluding hydrogens is 310 g/mol. The highest BCUT2D eigenvalue weighted by atomic mass is 35.5. The molecule has 2 N–H and O–H groups in total. The van der Waals surface area contributed by atoms with Gasteiger partial charge in [-0.3, -0.25) is 4.79 Å². The topological polar surface area (TPSA) is 52.3 Å². The fourth-order valence-electron chi connectivity index (χ4n) is 2.41. The SMILES string of the molecule is CCOC(=O)CC[C@H](N)Cc1ccc(-c2ccccc2)cc1.Cl. The lowest BCUT2D eigenvalue weighted by atomic mass is 9.99. The van der Waals surface area contributed by atoms with E-state index in [1.165, 1.54) is 16.7 Å². The lowest BCUT2D eigenvalue weighted by molar-refractivity contribution is -0.143. The van der Waals surface area contributed by atoms with Crippen LogP contribution in [0, 0.1) is 0 Å². The lowest BCUT2D eigenvalue weighted by Gasteiger charge is -2.11. The highest BCUT2D eigenvalue weighted by Gasteiger charge is 2.09. The first-order chi connectivity index (χ1) is 10.7. The van der Waals surface area contributed by atoms with Gasteiger partial charge in [-0.2, -0.15) is 0 Å². The van der Waals surface area contributed by atoms with Gasteiger partial charge in [0.2, 0.25) is 0 Å². The van der Waals surface area contributed by atoms with E-state index in [1.807, 2.05) is 25.1 Å². The van der Waals surface area contributed by atoms with Crippen molar-refractivity contribution in [1.29, 1.82) is 0 Å². The third kappa shape index (κ3) is 6.43. The number of nitrogens with two attached hydrogens (primary N) is 1. The number of esters is 1. The van der Waals surface area contributed by atoms with Gasteiger partial charge in [-0.15, -0.1) is 12.4 Å². The monoisotopic (exact) mass is 333 g/mol. The number of rotatable bonds is 7. The number of ether oxygens (including phenoxy) is 1. The maximum atomic E-state index is 11.3. The van der Waals surface area contributed by atoms with Crippen molar-refractivity contribution < 1.29 is 9.53 Å². The molecule has 0 radical (unpaired) electrons. The van der Waals surface area contributed by atoms with Gasteiger partial charge in [0.15, 0.2) is 0 Å². The molecule has 0 aliphatic carbocycles. The van der Waals surface area contributed by atoms with Crippen LogP contribution in [0.3, 0.4) is 0 Å². The normalized spacial score (nSPS) is 11.4. The van der Waals surface area contributed by atoms with Crippen molar-refractivity contribution in [3.8, 4) is 11.1 Å². The third-order valence-corrected chi connectivity index (χ3v) is 3.58. The van der Waals surface area contributed by atoms with E-state index in [0.717, 1.165) is 6.42 Å². The van der Waals surface area contributed by atoms with Crippen LogP contribution in [0.25, 0.3) is 11.1 Å². The van der Waals surface area contributed by atoms with Gasteiger partial charge in [0.1, 0.15) is 0 Å². The quantitative estimate of drug-likeness (QED) is 0.779. The minimum Gasteiger partial charge on any atom is -0.466 e. The van der Waals surface area contributed by atoms with Crippen LogP contribution >= 0.6 is 12.4 Å². The summed E-state index contributed by atoms with van der Waals surface area (Å²) in [4.78, 5) is 11.3. The molecule has 124 valence electrons.